The third-order valence-electron chi connectivity index (χ3n) is 4.17. The summed E-state index contributed by atoms with van der Waals surface area (Å²) in [7, 11) is 5.90. The van der Waals surface area contributed by atoms with Crippen LogP contribution in [0, 0.1) is 5.92 Å². The van der Waals surface area contributed by atoms with Gasteiger partial charge in [-0.3, -0.25) is 0 Å². The van der Waals surface area contributed by atoms with Gasteiger partial charge in [-0.25, -0.2) is 0 Å². The third kappa shape index (κ3) is 3.91. The number of rotatable bonds is 3. The smallest absolute Gasteiger partial charge is 0.0703 e. The monoisotopic (exact) mass is 248 g/mol. The first kappa shape index (κ1) is 13.3. The molecule has 17 heavy (non-hydrogen) atoms. The first-order chi connectivity index (χ1) is 8.15. The second kappa shape index (κ2) is 6.13. The fourth-order valence-electron chi connectivity index (χ4n) is 2.71. The molecule has 0 bridgehead atoms. The van der Waals surface area contributed by atoms with E-state index < -0.39 is 0 Å². The molecule has 0 saturated heterocycles. The van der Waals surface area contributed by atoms with Crippen molar-refractivity contribution < 1.29 is 0 Å². The lowest BCUT2D eigenvalue weighted by Gasteiger charge is -2.24. The maximum absolute atomic E-state index is 6.29. The molecule has 0 heterocycles. The summed E-state index contributed by atoms with van der Waals surface area (Å²) in [5, 5.41) is 0.257. The zero-order valence-electron chi connectivity index (χ0n) is 10.8. The highest BCUT2D eigenvalue weighted by atomic mass is 35.5. The molecule has 0 nitrogen and oxygen atoms in total. The van der Waals surface area contributed by atoms with Crippen LogP contribution in [-0.2, 0) is 0 Å². The molecule has 0 spiro atoms. The molecule has 0 aliphatic heterocycles. The Morgan fingerprint density at radius 3 is 2.59 bits per heavy atom. The van der Waals surface area contributed by atoms with Gasteiger partial charge in [0.2, 0.25) is 0 Å². The summed E-state index contributed by atoms with van der Waals surface area (Å²) in [6.07, 6.45) is 13.0. The Bertz CT molecular complexity index is 319. The average molecular weight is 249 g/mol. The number of allylic oxidation sites excluding steroid dienone is 4. The van der Waals surface area contributed by atoms with Gasteiger partial charge in [-0.1, -0.05) is 42.5 Å². The Kier molecular flexibility index (Phi) is 4.79. The minimum absolute atomic E-state index is 0.257. The van der Waals surface area contributed by atoms with Crippen molar-refractivity contribution in [3.8, 4) is 0 Å². The van der Waals surface area contributed by atoms with Crippen molar-refractivity contribution >= 4 is 19.4 Å². The molecule has 0 saturated carbocycles. The summed E-state index contributed by atoms with van der Waals surface area (Å²) in [6.45, 7) is 2.25. The van der Waals surface area contributed by atoms with E-state index in [1.807, 2.05) is 0 Å². The summed E-state index contributed by atoms with van der Waals surface area (Å²) in [5.74, 6) is 1.05. The van der Waals surface area contributed by atoms with Crippen LogP contribution < -0.4 is 0 Å². The van der Waals surface area contributed by atoms with Crippen LogP contribution in [-0.4, -0.2) is 13.2 Å². The molecule has 2 rings (SSSR count). The number of halogens is 1. The Morgan fingerprint density at radius 1 is 1.24 bits per heavy atom. The van der Waals surface area contributed by atoms with Crippen LogP contribution >= 0.6 is 11.6 Å². The van der Waals surface area contributed by atoms with Crippen molar-refractivity contribution in [1.82, 2.24) is 0 Å². The molecule has 0 aromatic heterocycles. The molecule has 0 N–H and O–H groups in total. The Morgan fingerprint density at radius 2 is 1.94 bits per heavy atom. The number of alkyl halides is 1. The zero-order chi connectivity index (χ0) is 12.3. The standard InChI is InChI=1S/C15H22BCl/c1-11-2-3-13(10-15(11)17)5-4-12-6-8-14(16)9-7-12/h6,10-11,14-15H,2-5,7-9H2,1H3. The van der Waals surface area contributed by atoms with Gasteiger partial charge in [0.15, 0.2) is 0 Å². The normalized spacial score (nSPS) is 34.1. The fourth-order valence-corrected chi connectivity index (χ4v) is 3.01. The average Bonchev–Trinajstić information content (AvgIpc) is 2.33. The maximum atomic E-state index is 6.29. The van der Waals surface area contributed by atoms with Crippen LogP contribution in [0.3, 0.4) is 0 Å². The molecule has 0 aromatic carbocycles. The maximum Gasteiger partial charge on any atom is 0.0703 e. The topological polar surface area (TPSA) is 0 Å². The summed E-state index contributed by atoms with van der Waals surface area (Å²) in [4.78, 5) is 0. The van der Waals surface area contributed by atoms with Gasteiger partial charge in [0.25, 0.3) is 0 Å². The second-order valence-electron chi connectivity index (χ2n) is 5.68. The Hall–Kier alpha value is -0.165. The minimum Gasteiger partial charge on any atom is -0.118 e. The first-order valence-corrected chi connectivity index (χ1v) is 7.36. The van der Waals surface area contributed by atoms with E-state index in [0.717, 1.165) is 6.42 Å². The Balaban J connectivity index is 1.81. The summed E-state index contributed by atoms with van der Waals surface area (Å²) in [5.41, 5.74) is 3.18. The van der Waals surface area contributed by atoms with Gasteiger partial charge in [0.05, 0.1) is 13.2 Å². The van der Waals surface area contributed by atoms with Gasteiger partial charge in [-0.2, -0.15) is 0 Å². The summed E-state index contributed by atoms with van der Waals surface area (Å²) in [6, 6.07) is 0. The fraction of sp³-hybridized carbons (Fsp3) is 0.733. The SMILES string of the molecule is [B]C1CC=C(CCC2=CC(Cl)C(C)CC2)CC1. The molecule has 2 radical (unpaired) electrons. The van der Waals surface area contributed by atoms with E-state index in [-0.39, 0.29) is 5.38 Å². The first-order valence-electron chi connectivity index (χ1n) is 6.92. The van der Waals surface area contributed by atoms with Crippen molar-refractivity contribution in [3.05, 3.63) is 23.3 Å². The van der Waals surface area contributed by atoms with Crippen LogP contribution in [0.1, 0.15) is 51.9 Å². The van der Waals surface area contributed by atoms with Crippen LogP contribution in [0.15, 0.2) is 23.3 Å². The molecule has 0 amide bonds. The van der Waals surface area contributed by atoms with Crippen LogP contribution in [0.4, 0.5) is 0 Å². The van der Waals surface area contributed by atoms with Gasteiger partial charge in [-0.05, 0) is 44.4 Å². The highest BCUT2D eigenvalue weighted by Gasteiger charge is 2.19. The quantitative estimate of drug-likeness (QED) is 0.382. The predicted molar refractivity (Wildman–Crippen MR) is 76.8 cm³/mol. The molecular weight excluding hydrogens is 226 g/mol. The van der Waals surface area contributed by atoms with Gasteiger partial charge < -0.3 is 0 Å². The number of hydrogen-bond donors (Lipinski definition) is 0. The van der Waals surface area contributed by atoms with Gasteiger partial charge in [0, 0.05) is 0 Å². The van der Waals surface area contributed by atoms with Crippen molar-refractivity contribution in [1.29, 1.82) is 0 Å². The summed E-state index contributed by atoms with van der Waals surface area (Å²) >= 11 is 6.29. The van der Waals surface area contributed by atoms with E-state index >= 15 is 0 Å². The molecule has 2 aliphatic carbocycles. The van der Waals surface area contributed by atoms with E-state index in [0.29, 0.717) is 11.7 Å². The zero-order valence-corrected chi connectivity index (χ0v) is 11.5. The molecular formula is C15H22BCl. The van der Waals surface area contributed by atoms with Crippen LogP contribution in [0.25, 0.3) is 0 Å². The number of hydrogen-bond acceptors (Lipinski definition) is 0. The van der Waals surface area contributed by atoms with Crippen molar-refractivity contribution in [3.63, 3.8) is 0 Å². The van der Waals surface area contributed by atoms with Crippen molar-refractivity contribution in [2.45, 2.75) is 63.1 Å². The molecule has 3 unspecified atom stereocenters. The van der Waals surface area contributed by atoms with Gasteiger partial charge >= 0.3 is 0 Å². The third-order valence-corrected chi connectivity index (χ3v) is 4.73. The predicted octanol–water partition coefficient (Wildman–Crippen LogP) is 4.80. The van der Waals surface area contributed by atoms with E-state index in [9.17, 15) is 0 Å². The minimum atomic E-state index is 0.257. The van der Waals surface area contributed by atoms with Crippen molar-refractivity contribution in [2.75, 3.05) is 0 Å². The lowest BCUT2D eigenvalue weighted by atomic mass is 9.75. The largest absolute Gasteiger partial charge is 0.118 e. The highest BCUT2D eigenvalue weighted by Crippen LogP contribution is 2.32. The molecule has 0 fully saturated rings. The molecule has 92 valence electrons. The summed E-state index contributed by atoms with van der Waals surface area (Å²) < 4.78 is 0. The second-order valence-corrected chi connectivity index (χ2v) is 6.19. The lowest BCUT2D eigenvalue weighted by molar-refractivity contribution is 0.510. The van der Waals surface area contributed by atoms with Crippen molar-refractivity contribution in [2.24, 2.45) is 5.92 Å². The van der Waals surface area contributed by atoms with E-state index in [1.165, 1.54) is 38.5 Å². The molecule has 0 aromatic rings. The van der Waals surface area contributed by atoms with Gasteiger partial charge in [-0.15, -0.1) is 11.6 Å². The molecule has 3 atom stereocenters. The highest BCUT2D eigenvalue weighted by molar-refractivity contribution is 6.22. The molecule has 2 aliphatic rings. The van der Waals surface area contributed by atoms with Gasteiger partial charge in [0.1, 0.15) is 0 Å². The van der Waals surface area contributed by atoms with Crippen LogP contribution in [0.2, 0.25) is 5.82 Å². The van der Waals surface area contributed by atoms with E-state index in [4.69, 9.17) is 19.4 Å². The van der Waals surface area contributed by atoms with E-state index in [2.05, 4.69) is 19.1 Å². The van der Waals surface area contributed by atoms with E-state index in [1.54, 1.807) is 11.1 Å². The molecule has 2 heteroatoms. The Labute approximate surface area is 112 Å². The van der Waals surface area contributed by atoms with Crippen LogP contribution in [0.5, 0.6) is 0 Å². The lowest BCUT2D eigenvalue weighted by Crippen LogP contribution is -2.14.